The van der Waals surface area contributed by atoms with E-state index in [9.17, 15) is 0 Å². The Bertz CT molecular complexity index is 1340. The van der Waals surface area contributed by atoms with E-state index in [1.165, 1.54) is 22.3 Å². The quantitative estimate of drug-likeness (QED) is 0.393. The molecule has 1 aliphatic rings. The van der Waals surface area contributed by atoms with Crippen molar-refractivity contribution in [3.63, 3.8) is 0 Å². The summed E-state index contributed by atoms with van der Waals surface area (Å²) in [6.07, 6.45) is 7.77. The van der Waals surface area contributed by atoms with Crippen molar-refractivity contribution in [1.29, 1.82) is 0 Å². The van der Waals surface area contributed by atoms with Gasteiger partial charge >= 0.3 is 0 Å². The molecule has 5 rings (SSSR count). The first-order valence-electron chi connectivity index (χ1n) is 11.9. The highest BCUT2D eigenvalue weighted by Crippen LogP contribution is 2.36. The number of hydrogen-bond acceptors (Lipinski definition) is 5. The lowest BCUT2D eigenvalue weighted by atomic mass is 9.79. The zero-order valence-electron chi connectivity index (χ0n) is 20.6. The summed E-state index contributed by atoms with van der Waals surface area (Å²) in [7, 11) is 1.64. The molecule has 3 aromatic heterocycles. The Morgan fingerprint density at radius 2 is 1.74 bits per heavy atom. The van der Waals surface area contributed by atoms with Gasteiger partial charge in [-0.25, -0.2) is 9.97 Å². The minimum Gasteiger partial charge on any atom is -0.479 e. The molecule has 0 saturated heterocycles. The first-order chi connectivity index (χ1) is 16.4. The molecule has 0 aliphatic heterocycles. The van der Waals surface area contributed by atoms with E-state index in [0.717, 1.165) is 54.1 Å². The van der Waals surface area contributed by atoms with Crippen molar-refractivity contribution in [3.05, 3.63) is 82.6 Å². The van der Waals surface area contributed by atoms with Gasteiger partial charge in [0.15, 0.2) is 0 Å². The molecule has 1 aliphatic carbocycles. The minimum atomic E-state index is -0.0215. The van der Waals surface area contributed by atoms with E-state index in [0.29, 0.717) is 5.88 Å². The van der Waals surface area contributed by atoms with E-state index in [1.807, 2.05) is 29.8 Å². The lowest BCUT2D eigenvalue weighted by Crippen LogP contribution is -2.22. The molecular formula is C28H31N5O. The normalized spacial score (nSPS) is 13.2. The number of aryl methyl sites for hydroxylation is 2. The van der Waals surface area contributed by atoms with E-state index in [-0.39, 0.29) is 5.41 Å². The van der Waals surface area contributed by atoms with Crippen LogP contribution in [-0.2, 0) is 24.7 Å². The zero-order chi connectivity index (χ0) is 23.9. The van der Waals surface area contributed by atoms with Crippen LogP contribution < -0.4 is 4.74 Å². The zero-order valence-corrected chi connectivity index (χ0v) is 20.6. The van der Waals surface area contributed by atoms with Crippen LogP contribution in [0.15, 0.2) is 48.9 Å². The molecule has 1 aromatic carbocycles. The van der Waals surface area contributed by atoms with Gasteiger partial charge in [-0.2, -0.15) is 5.10 Å². The standard InChI is InChI=1S/C28H31N5O/c1-18-9-11-20(12-10-18)28(3,4)15-24-21-7-6-8-22(21)26(32-31-24)23-13-14-25(27(30-23)34-5)33-16-19(2)29-17-33/h9-14,16-17H,6-8,15H2,1-5H3. The second-order valence-corrected chi connectivity index (χ2v) is 9.88. The van der Waals surface area contributed by atoms with E-state index >= 15 is 0 Å². The second-order valence-electron chi connectivity index (χ2n) is 9.88. The maximum Gasteiger partial charge on any atom is 0.238 e. The Kier molecular flexibility index (Phi) is 5.68. The Labute approximate surface area is 201 Å². The van der Waals surface area contributed by atoms with Gasteiger partial charge < -0.3 is 9.30 Å². The van der Waals surface area contributed by atoms with Gasteiger partial charge in [0.1, 0.15) is 11.4 Å². The molecule has 4 aromatic rings. The van der Waals surface area contributed by atoms with Gasteiger partial charge in [0, 0.05) is 12.6 Å². The average Bonchev–Trinajstić information content (AvgIpc) is 3.49. The van der Waals surface area contributed by atoms with Crippen LogP contribution >= 0.6 is 0 Å². The van der Waals surface area contributed by atoms with Crippen molar-refractivity contribution in [2.75, 3.05) is 7.11 Å². The third-order valence-corrected chi connectivity index (χ3v) is 6.83. The van der Waals surface area contributed by atoms with Crippen LogP contribution in [-0.4, -0.2) is 31.8 Å². The third-order valence-electron chi connectivity index (χ3n) is 6.83. The van der Waals surface area contributed by atoms with Crippen molar-refractivity contribution in [2.45, 2.75) is 58.8 Å². The number of ether oxygens (including phenoxy) is 1. The molecule has 0 radical (unpaired) electrons. The number of nitrogens with zero attached hydrogens (tertiary/aromatic N) is 5. The molecule has 6 nitrogen and oxygen atoms in total. The van der Waals surface area contributed by atoms with Gasteiger partial charge in [-0.15, -0.1) is 5.10 Å². The van der Waals surface area contributed by atoms with Gasteiger partial charge in [-0.3, -0.25) is 0 Å². The molecule has 0 amide bonds. The maximum atomic E-state index is 5.63. The Balaban J connectivity index is 1.50. The summed E-state index contributed by atoms with van der Waals surface area (Å²) < 4.78 is 7.56. The minimum absolute atomic E-state index is 0.0215. The number of methoxy groups -OCH3 is 1. The molecule has 6 heteroatoms. The van der Waals surface area contributed by atoms with Crippen LogP contribution in [0.3, 0.4) is 0 Å². The summed E-state index contributed by atoms with van der Waals surface area (Å²) in [6.45, 7) is 8.67. The monoisotopic (exact) mass is 453 g/mol. The highest BCUT2D eigenvalue weighted by molar-refractivity contribution is 5.64. The van der Waals surface area contributed by atoms with Crippen LogP contribution in [0.1, 0.15) is 53.9 Å². The number of aromatic nitrogens is 5. The van der Waals surface area contributed by atoms with Crippen molar-refractivity contribution in [3.8, 4) is 23.0 Å². The van der Waals surface area contributed by atoms with Gasteiger partial charge in [0.05, 0.1) is 30.5 Å². The fourth-order valence-electron chi connectivity index (χ4n) is 4.89. The van der Waals surface area contributed by atoms with Crippen LogP contribution in [0.4, 0.5) is 0 Å². The Hall–Kier alpha value is -3.54. The largest absolute Gasteiger partial charge is 0.479 e. The molecule has 0 spiro atoms. The molecule has 34 heavy (non-hydrogen) atoms. The first kappa shape index (κ1) is 22.3. The van der Waals surface area contributed by atoms with Gasteiger partial charge in [0.2, 0.25) is 5.88 Å². The SMILES string of the molecule is COc1nc(-c2nnc(CC(C)(C)c3ccc(C)cc3)c3c2CCC3)ccc1-n1cnc(C)c1. The fraction of sp³-hybridized carbons (Fsp3) is 0.357. The number of rotatable bonds is 6. The third kappa shape index (κ3) is 4.09. The smallest absolute Gasteiger partial charge is 0.238 e. The number of pyridine rings is 1. The molecule has 0 saturated carbocycles. The Morgan fingerprint density at radius 3 is 2.44 bits per heavy atom. The highest BCUT2D eigenvalue weighted by atomic mass is 16.5. The summed E-state index contributed by atoms with van der Waals surface area (Å²) in [5.41, 5.74) is 9.79. The van der Waals surface area contributed by atoms with Crippen LogP contribution in [0.5, 0.6) is 5.88 Å². The van der Waals surface area contributed by atoms with Gasteiger partial charge in [-0.05, 0) is 67.3 Å². The lowest BCUT2D eigenvalue weighted by molar-refractivity contribution is 0.396. The van der Waals surface area contributed by atoms with E-state index < -0.39 is 0 Å². The first-order valence-corrected chi connectivity index (χ1v) is 11.9. The van der Waals surface area contributed by atoms with Crippen LogP contribution in [0.25, 0.3) is 17.1 Å². The summed E-state index contributed by atoms with van der Waals surface area (Å²) >= 11 is 0. The summed E-state index contributed by atoms with van der Waals surface area (Å²) in [4.78, 5) is 9.13. The van der Waals surface area contributed by atoms with E-state index in [2.05, 4.69) is 50.0 Å². The molecule has 0 N–H and O–H groups in total. The maximum absolute atomic E-state index is 5.63. The predicted molar refractivity (Wildman–Crippen MR) is 134 cm³/mol. The summed E-state index contributed by atoms with van der Waals surface area (Å²) in [5.74, 6) is 0.549. The topological polar surface area (TPSA) is 65.7 Å². The number of benzene rings is 1. The van der Waals surface area contributed by atoms with Crippen molar-refractivity contribution >= 4 is 0 Å². The van der Waals surface area contributed by atoms with E-state index in [4.69, 9.17) is 19.9 Å². The molecule has 0 bridgehead atoms. The van der Waals surface area contributed by atoms with E-state index in [1.54, 1.807) is 13.4 Å². The Morgan fingerprint density at radius 1 is 0.971 bits per heavy atom. The molecule has 174 valence electrons. The lowest BCUT2D eigenvalue weighted by Gasteiger charge is -2.26. The van der Waals surface area contributed by atoms with Crippen LogP contribution in [0, 0.1) is 13.8 Å². The highest BCUT2D eigenvalue weighted by Gasteiger charge is 2.28. The number of fused-ring (bicyclic) bond motifs is 1. The van der Waals surface area contributed by atoms with Crippen LogP contribution in [0.2, 0.25) is 0 Å². The molecule has 0 atom stereocenters. The van der Waals surface area contributed by atoms with Crippen molar-refractivity contribution in [2.24, 2.45) is 0 Å². The molecule has 0 unspecified atom stereocenters. The number of hydrogen-bond donors (Lipinski definition) is 0. The van der Waals surface area contributed by atoms with Crippen molar-refractivity contribution in [1.82, 2.24) is 24.7 Å². The average molecular weight is 454 g/mol. The van der Waals surface area contributed by atoms with Gasteiger partial charge in [-0.1, -0.05) is 43.7 Å². The second kappa shape index (κ2) is 8.67. The summed E-state index contributed by atoms with van der Waals surface area (Å²) in [6, 6.07) is 12.9. The number of imidazole rings is 1. The fourth-order valence-corrected chi connectivity index (χ4v) is 4.89. The molecule has 0 fully saturated rings. The van der Waals surface area contributed by atoms with Gasteiger partial charge in [0.25, 0.3) is 0 Å². The summed E-state index contributed by atoms with van der Waals surface area (Å²) in [5, 5.41) is 9.46. The molecular weight excluding hydrogens is 422 g/mol. The predicted octanol–water partition coefficient (Wildman–Crippen LogP) is 5.36. The van der Waals surface area contributed by atoms with Crippen molar-refractivity contribution < 1.29 is 4.74 Å². The molecule has 3 heterocycles.